The molecule has 314 valence electrons. The summed E-state index contributed by atoms with van der Waals surface area (Å²) in [6.07, 6.45) is 12.7. The molecule has 3 aromatic carbocycles. The van der Waals surface area contributed by atoms with Gasteiger partial charge < -0.3 is 37.4 Å². The van der Waals surface area contributed by atoms with Crippen LogP contribution in [0.4, 0.5) is 32.8 Å². The van der Waals surface area contributed by atoms with Crippen molar-refractivity contribution in [2.75, 3.05) is 55.8 Å². The van der Waals surface area contributed by atoms with E-state index in [9.17, 15) is 24.6 Å². The molecule has 16 heteroatoms. The van der Waals surface area contributed by atoms with Gasteiger partial charge in [0, 0.05) is 74.2 Å². The van der Waals surface area contributed by atoms with Crippen LogP contribution in [-0.2, 0) is 0 Å². The summed E-state index contributed by atoms with van der Waals surface area (Å²) in [7, 11) is 0. The molecule has 0 saturated heterocycles. The van der Waals surface area contributed by atoms with Crippen molar-refractivity contribution >= 4 is 53.3 Å². The van der Waals surface area contributed by atoms with Crippen molar-refractivity contribution in [3.05, 3.63) is 97.3 Å². The summed E-state index contributed by atoms with van der Waals surface area (Å²) >= 11 is 0. The van der Waals surface area contributed by atoms with Crippen LogP contribution in [0.25, 0.3) is 0 Å². The van der Waals surface area contributed by atoms with Gasteiger partial charge in [0.2, 0.25) is 0 Å². The Kier molecular flexibility index (Phi) is 36.2. The third-order valence-electron chi connectivity index (χ3n) is 7.94. The second-order valence-corrected chi connectivity index (χ2v) is 12.6. The average molecular weight is 820 g/mol. The molecule has 0 spiro atoms. The zero-order valence-electron chi connectivity index (χ0n) is 32.6. The van der Waals surface area contributed by atoms with E-state index in [1.54, 1.807) is 12.1 Å². The molecule has 0 aliphatic heterocycles. The molecule has 9 N–H and O–H groups in total. The Hall–Kier alpha value is -3.79. The molecule has 0 atom stereocenters. The average Bonchev–Trinajstić information content (AvgIpc) is 3.13. The van der Waals surface area contributed by atoms with Crippen molar-refractivity contribution < 1.29 is 29.6 Å². The van der Waals surface area contributed by atoms with Gasteiger partial charge in [-0.15, -0.1) is 24.8 Å². The number of benzene rings is 3. The van der Waals surface area contributed by atoms with Crippen molar-refractivity contribution in [1.29, 1.82) is 0 Å². The minimum absolute atomic E-state index is 0. The van der Waals surface area contributed by atoms with Gasteiger partial charge in [-0.25, -0.2) is 4.39 Å². The topological polar surface area (TPSA) is 223 Å². The molecule has 0 saturated carbocycles. The Balaban J connectivity index is -0.000000674. The van der Waals surface area contributed by atoms with Crippen LogP contribution in [0.3, 0.4) is 0 Å². The van der Waals surface area contributed by atoms with Crippen molar-refractivity contribution in [3.8, 4) is 0 Å². The number of nitrogens with zero attached hydrogens (tertiary/aromatic N) is 2. The molecule has 13 nitrogen and oxygen atoms in total. The van der Waals surface area contributed by atoms with Gasteiger partial charge in [-0.2, -0.15) is 0 Å². The van der Waals surface area contributed by atoms with Crippen LogP contribution in [0.15, 0.2) is 54.6 Å². The van der Waals surface area contributed by atoms with Crippen LogP contribution in [0.5, 0.6) is 0 Å². The molecule has 0 aliphatic rings. The van der Waals surface area contributed by atoms with Crippen LogP contribution in [0.1, 0.15) is 93.7 Å². The van der Waals surface area contributed by atoms with Gasteiger partial charge in [-0.1, -0.05) is 38.5 Å². The van der Waals surface area contributed by atoms with Crippen LogP contribution in [0, 0.1) is 46.8 Å². The Labute approximate surface area is 338 Å². The van der Waals surface area contributed by atoms with Gasteiger partial charge in [0.25, 0.3) is 11.4 Å². The van der Waals surface area contributed by atoms with E-state index in [-0.39, 0.29) is 47.7 Å². The highest BCUT2D eigenvalue weighted by atomic mass is 35.5. The fraction of sp³-hybridized carbons (Fsp3) is 0.538. The van der Waals surface area contributed by atoms with E-state index in [0.29, 0.717) is 18.8 Å². The largest absolute Gasteiger partial charge is 0.399 e. The fourth-order valence-electron chi connectivity index (χ4n) is 4.82. The van der Waals surface area contributed by atoms with Gasteiger partial charge in [0.15, 0.2) is 0 Å². The van der Waals surface area contributed by atoms with Gasteiger partial charge in [0.1, 0.15) is 5.82 Å². The highest BCUT2D eigenvalue weighted by Crippen LogP contribution is 2.21. The molecule has 0 aromatic heterocycles. The number of hydrogen-bond donors (Lipinski definition) is 7. The number of rotatable bonds is 21. The van der Waals surface area contributed by atoms with Gasteiger partial charge >= 0.3 is 0 Å². The highest BCUT2D eigenvalue weighted by molar-refractivity contribution is 5.85. The van der Waals surface area contributed by atoms with Crippen LogP contribution >= 0.6 is 24.8 Å². The van der Waals surface area contributed by atoms with Crippen LogP contribution in [0.2, 0.25) is 0 Å². The lowest BCUT2D eigenvalue weighted by Crippen LogP contribution is -2.03. The Morgan fingerprint density at radius 3 is 1.35 bits per heavy atom. The lowest BCUT2D eigenvalue weighted by molar-refractivity contribution is -0.385. The van der Waals surface area contributed by atoms with E-state index < -0.39 is 10.7 Å². The minimum Gasteiger partial charge on any atom is -0.399 e. The second kappa shape index (κ2) is 35.9. The monoisotopic (exact) mass is 818 g/mol. The number of aryl methyl sites for hydroxylation is 3. The molecule has 0 amide bonds. The predicted octanol–water partition coefficient (Wildman–Crippen LogP) is 8.79. The molecule has 3 aromatic rings. The van der Waals surface area contributed by atoms with Crippen molar-refractivity contribution in [2.24, 2.45) is 5.73 Å². The molecular weight excluding hydrogens is 754 g/mol. The number of nitrogen functional groups attached to an aromatic ring is 1. The Morgan fingerprint density at radius 2 is 0.964 bits per heavy atom. The zero-order valence-corrected chi connectivity index (χ0v) is 34.3. The predicted molar refractivity (Wildman–Crippen MR) is 228 cm³/mol. The summed E-state index contributed by atoms with van der Waals surface area (Å²) in [5, 5.41) is 53.0. The van der Waals surface area contributed by atoms with Crippen molar-refractivity contribution in [2.45, 2.75) is 97.8 Å². The SMILES string of the molecule is Cc1cc(N)ccc1NCCCCCCO.Cc1cc([N+](=O)[O-])ccc1F.Cc1cc([N+](=O)[O-])ccc1NCCCCCCO.Cl.Cl.NCCCCCCO. The minimum atomic E-state index is -0.549. The maximum atomic E-state index is 12.5. The number of non-ortho nitro benzene ring substituents is 2. The summed E-state index contributed by atoms with van der Waals surface area (Å²) in [4.78, 5) is 19.8. The number of halogens is 3. The maximum absolute atomic E-state index is 12.5. The van der Waals surface area contributed by atoms with E-state index >= 15 is 0 Å². The molecule has 3 rings (SSSR count). The number of nitro benzene ring substituents is 2. The first-order valence-corrected chi connectivity index (χ1v) is 18.4. The number of aliphatic hydroxyl groups is 3. The first-order valence-electron chi connectivity index (χ1n) is 18.4. The molecular formula is C39H65Cl2FN6O7. The van der Waals surface area contributed by atoms with Crippen LogP contribution in [-0.4, -0.2) is 64.6 Å². The first kappa shape index (κ1) is 55.5. The molecule has 55 heavy (non-hydrogen) atoms. The molecule has 0 fully saturated rings. The van der Waals surface area contributed by atoms with E-state index in [1.807, 2.05) is 25.1 Å². The summed E-state index contributed by atoms with van der Waals surface area (Å²) in [5.41, 5.74) is 16.3. The number of nitrogens with two attached hydrogens (primary N) is 2. The molecule has 0 aliphatic carbocycles. The van der Waals surface area contributed by atoms with E-state index in [0.717, 1.165) is 125 Å². The highest BCUT2D eigenvalue weighted by Gasteiger charge is 2.08. The first-order chi connectivity index (χ1) is 25.4. The molecule has 0 radical (unpaired) electrons. The lowest BCUT2D eigenvalue weighted by atomic mass is 10.1. The number of hydrogen-bond acceptors (Lipinski definition) is 11. The third kappa shape index (κ3) is 28.3. The number of aliphatic hydroxyl groups excluding tert-OH is 3. The second-order valence-electron chi connectivity index (χ2n) is 12.6. The molecule has 0 heterocycles. The van der Waals surface area contributed by atoms with E-state index in [4.69, 9.17) is 26.8 Å². The van der Waals surface area contributed by atoms with Gasteiger partial charge in [-0.05, 0) is 113 Å². The van der Waals surface area contributed by atoms with Crippen molar-refractivity contribution in [3.63, 3.8) is 0 Å². The number of nitrogens with one attached hydrogen (secondary N) is 2. The standard InChI is InChI=1S/C13H20N2O3.C13H22N2O.C7H6FNO2.C6H15NO.2ClH/c1-11-10-12(15(17)18)6-7-13(11)14-8-4-2-3-5-9-16;1-11-10-12(14)6-7-13(11)15-8-4-2-3-5-9-16;1-5-4-6(9(10)11)2-3-7(5)8;7-5-3-1-2-4-6-8;;/h6-7,10,14,16H,2-5,8-9H2,1H3;6-7,10,15-16H,2-5,8-9,14H2,1H3;2-4H,1H3;8H,1-7H2;2*1H. The third-order valence-corrected chi connectivity index (χ3v) is 7.94. The molecule has 0 bridgehead atoms. The number of unbranched alkanes of at least 4 members (excludes halogenated alkanes) is 9. The maximum Gasteiger partial charge on any atom is 0.269 e. The van der Waals surface area contributed by atoms with Crippen molar-refractivity contribution in [1.82, 2.24) is 0 Å². The summed E-state index contributed by atoms with van der Waals surface area (Å²) in [6.45, 7) is 8.92. The van der Waals surface area contributed by atoms with E-state index in [1.165, 1.54) is 31.0 Å². The number of anilines is 3. The fourth-order valence-corrected chi connectivity index (χ4v) is 4.82. The summed E-state index contributed by atoms with van der Waals surface area (Å²) < 4.78 is 12.5. The quantitative estimate of drug-likeness (QED) is 0.0233. The smallest absolute Gasteiger partial charge is 0.269 e. The van der Waals surface area contributed by atoms with Crippen LogP contribution < -0.4 is 22.1 Å². The molecule has 0 unspecified atom stereocenters. The number of nitro groups is 2. The zero-order chi connectivity index (χ0) is 39.9. The Bertz CT molecular complexity index is 1440. The van der Waals surface area contributed by atoms with Gasteiger partial charge in [-0.3, -0.25) is 20.2 Å². The summed E-state index contributed by atoms with van der Waals surface area (Å²) in [6, 6.07) is 14.2. The van der Waals surface area contributed by atoms with E-state index in [2.05, 4.69) is 17.6 Å². The normalized spacial score (nSPS) is 9.75. The lowest BCUT2D eigenvalue weighted by Gasteiger charge is -2.09. The van der Waals surface area contributed by atoms with Gasteiger partial charge in [0.05, 0.1) is 9.85 Å². The Morgan fingerprint density at radius 1 is 0.582 bits per heavy atom. The summed E-state index contributed by atoms with van der Waals surface area (Å²) in [5.74, 6) is -0.421.